The summed E-state index contributed by atoms with van der Waals surface area (Å²) in [5.41, 5.74) is 3.35. The minimum Gasteiger partial charge on any atom is -0.341 e. The Morgan fingerprint density at radius 2 is 2.04 bits per heavy atom. The highest BCUT2D eigenvalue weighted by molar-refractivity contribution is 7.12. The quantitative estimate of drug-likeness (QED) is 0.723. The van der Waals surface area contributed by atoms with Gasteiger partial charge in [0.2, 0.25) is 0 Å². The Hall–Kier alpha value is -2.66. The fraction of sp³-hybridized carbons (Fsp3) is 0.158. The molecule has 3 aromatic rings. The monoisotopic (exact) mass is 337 g/mol. The SMILES string of the molecule is CCN(c1ccc(NC(=O)c2cccs2)nc1)c1cccc(C)c1. The second-order valence-corrected chi connectivity index (χ2v) is 6.36. The summed E-state index contributed by atoms with van der Waals surface area (Å²) in [7, 11) is 0. The van der Waals surface area contributed by atoms with Crippen molar-refractivity contribution in [3.63, 3.8) is 0 Å². The Morgan fingerprint density at radius 1 is 1.17 bits per heavy atom. The number of thiophene rings is 1. The number of amides is 1. The Balaban J connectivity index is 1.76. The standard InChI is InChI=1S/C19H19N3OS/c1-3-22(15-7-4-6-14(2)12-15)16-9-10-18(20-13-16)21-19(23)17-8-5-11-24-17/h4-13H,3H2,1-2H3,(H,20,21,23). The zero-order valence-electron chi connectivity index (χ0n) is 13.7. The first-order valence-corrected chi connectivity index (χ1v) is 8.70. The van der Waals surface area contributed by atoms with Crippen LogP contribution in [0.1, 0.15) is 22.2 Å². The molecule has 0 bridgehead atoms. The van der Waals surface area contributed by atoms with Gasteiger partial charge in [0.05, 0.1) is 16.8 Å². The largest absolute Gasteiger partial charge is 0.341 e. The molecule has 1 N–H and O–H groups in total. The molecule has 3 rings (SSSR count). The van der Waals surface area contributed by atoms with E-state index in [-0.39, 0.29) is 5.91 Å². The summed E-state index contributed by atoms with van der Waals surface area (Å²) in [6, 6.07) is 15.8. The molecule has 0 aliphatic carbocycles. The van der Waals surface area contributed by atoms with E-state index in [1.807, 2.05) is 23.6 Å². The third-order valence-corrected chi connectivity index (χ3v) is 4.54. The van der Waals surface area contributed by atoms with Crippen molar-refractivity contribution in [3.05, 3.63) is 70.5 Å². The van der Waals surface area contributed by atoms with Crippen molar-refractivity contribution in [2.45, 2.75) is 13.8 Å². The molecule has 1 amide bonds. The van der Waals surface area contributed by atoms with Crippen molar-refractivity contribution in [2.24, 2.45) is 0 Å². The summed E-state index contributed by atoms with van der Waals surface area (Å²) in [6.07, 6.45) is 1.79. The second kappa shape index (κ2) is 7.27. The van der Waals surface area contributed by atoms with E-state index in [1.54, 1.807) is 12.3 Å². The number of rotatable bonds is 5. The van der Waals surface area contributed by atoms with Crippen LogP contribution >= 0.6 is 11.3 Å². The Bertz CT molecular complexity index is 813. The molecule has 2 heterocycles. The fourth-order valence-corrected chi connectivity index (χ4v) is 3.13. The Kier molecular flexibility index (Phi) is 4.91. The van der Waals surface area contributed by atoms with Crippen LogP contribution in [0.2, 0.25) is 0 Å². The minimum absolute atomic E-state index is 0.128. The van der Waals surface area contributed by atoms with E-state index in [0.29, 0.717) is 10.7 Å². The minimum atomic E-state index is -0.128. The number of carbonyl (C=O) groups is 1. The summed E-state index contributed by atoms with van der Waals surface area (Å²) in [6.45, 7) is 5.03. The Morgan fingerprint density at radius 3 is 2.67 bits per heavy atom. The first kappa shape index (κ1) is 16.2. The van der Waals surface area contributed by atoms with Gasteiger partial charge in [0.15, 0.2) is 0 Å². The topological polar surface area (TPSA) is 45.2 Å². The van der Waals surface area contributed by atoms with Crippen molar-refractivity contribution >= 4 is 34.4 Å². The van der Waals surface area contributed by atoms with Crippen LogP contribution in [0.3, 0.4) is 0 Å². The third-order valence-electron chi connectivity index (χ3n) is 3.68. The van der Waals surface area contributed by atoms with Gasteiger partial charge in [-0.15, -0.1) is 11.3 Å². The molecule has 0 spiro atoms. The molecule has 0 unspecified atom stereocenters. The van der Waals surface area contributed by atoms with Gasteiger partial charge in [0.25, 0.3) is 5.91 Å². The van der Waals surface area contributed by atoms with E-state index >= 15 is 0 Å². The van der Waals surface area contributed by atoms with Crippen LogP contribution in [-0.2, 0) is 0 Å². The average molecular weight is 337 g/mol. The van der Waals surface area contributed by atoms with Gasteiger partial charge in [-0.25, -0.2) is 4.98 Å². The van der Waals surface area contributed by atoms with Gasteiger partial charge in [-0.2, -0.15) is 0 Å². The zero-order chi connectivity index (χ0) is 16.9. The molecule has 0 aliphatic heterocycles. The van der Waals surface area contributed by atoms with Gasteiger partial charge in [-0.1, -0.05) is 18.2 Å². The van der Waals surface area contributed by atoms with Crippen molar-refractivity contribution in [3.8, 4) is 0 Å². The van der Waals surface area contributed by atoms with Crippen LogP contribution in [0.4, 0.5) is 17.2 Å². The van der Waals surface area contributed by atoms with E-state index < -0.39 is 0 Å². The number of hydrogen-bond donors (Lipinski definition) is 1. The maximum atomic E-state index is 12.1. The molecule has 0 atom stereocenters. The summed E-state index contributed by atoms with van der Waals surface area (Å²) in [5, 5.41) is 4.70. The van der Waals surface area contributed by atoms with Gasteiger partial charge >= 0.3 is 0 Å². The number of anilines is 3. The normalized spacial score (nSPS) is 10.4. The smallest absolute Gasteiger partial charge is 0.266 e. The van der Waals surface area contributed by atoms with Crippen LogP contribution in [0.25, 0.3) is 0 Å². The molecule has 2 aromatic heterocycles. The number of aryl methyl sites for hydroxylation is 1. The summed E-state index contributed by atoms with van der Waals surface area (Å²) < 4.78 is 0. The second-order valence-electron chi connectivity index (χ2n) is 5.42. The zero-order valence-corrected chi connectivity index (χ0v) is 14.5. The van der Waals surface area contributed by atoms with Crippen molar-refractivity contribution < 1.29 is 4.79 Å². The van der Waals surface area contributed by atoms with E-state index in [0.717, 1.165) is 17.9 Å². The molecule has 0 radical (unpaired) electrons. The summed E-state index contributed by atoms with van der Waals surface area (Å²) in [4.78, 5) is 19.3. The number of aromatic nitrogens is 1. The first-order chi connectivity index (χ1) is 11.7. The number of benzene rings is 1. The lowest BCUT2D eigenvalue weighted by atomic mass is 10.2. The highest BCUT2D eigenvalue weighted by Gasteiger charge is 2.10. The van der Waals surface area contributed by atoms with Gasteiger partial charge in [-0.05, 0) is 55.1 Å². The highest BCUT2D eigenvalue weighted by Crippen LogP contribution is 2.26. The average Bonchev–Trinajstić information content (AvgIpc) is 3.12. The third kappa shape index (κ3) is 3.63. The van der Waals surface area contributed by atoms with E-state index in [1.165, 1.54) is 16.9 Å². The molecule has 4 nitrogen and oxygen atoms in total. The van der Waals surface area contributed by atoms with Gasteiger partial charge in [0, 0.05) is 12.2 Å². The van der Waals surface area contributed by atoms with Crippen LogP contribution in [-0.4, -0.2) is 17.4 Å². The predicted octanol–water partition coefficient (Wildman–Crippen LogP) is 4.86. The van der Waals surface area contributed by atoms with Gasteiger partial charge < -0.3 is 10.2 Å². The molecule has 0 aliphatic rings. The molecular weight excluding hydrogens is 318 g/mol. The lowest BCUT2D eigenvalue weighted by molar-refractivity contribution is 0.103. The lowest BCUT2D eigenvalue weighted by Gasteiger charge is -2.23. The predicted molar refractivity (Wildman–Crippen MR) is 100 cm³/mol. The number of nitrogens with zero attached hydrogens (tertiary/aromatic N) is 2. The van der Waals surface area contributed by atoms with Crippen molar-refractivity contribution in [2.75, 3.05) is 16.8 Å². The summed E-state index contributed by atoms with van der Waals surface area (Å²) >= 11 is 1.41. The fourth-order valence-electron chi connectivity index (χ4n) is 2.52. The van der Waals surface area contributed by atoms with E-state index in [4.69, 9.17) is 0 Å². The first-order valence-electron chi connectivity index (χ1n) is 7.82. The van der Waals surface area contributed by atoms with E-state index in [2.05, 4.69) is 53.3 Å². The van der Waals surface area contributed by atoms with Gasteiger partial charge in [0.1, 0.15) is 5.82 Å². The van der Waals surface area contributed by atoms with Crippen molar-refractivity contribution in [1.29, 1.82) is 0 Å². The number of pyridine rings is 1. The molecule has 0 fully saturated rings. The van der Waals surface area contributed by atoms with E-state index in [9.17, 15) is 4.79 Å². The van der Waals surface area contributed by atoms with Crippen LogP contribution in [0, 0.1) is 6.92 Å². The van der Waals surface area contributed by atoms with Crippen LogP contribution in [0.15, 0.2) is 60.1 Å². The Labute approximate surface area is 145 Å². The maximum absolute atomic E-state index is 12.1. The molecular formula is C19H19N3OS. The van der Waals surface area contributed by atoms with Gasteiger partial charge in [-0.3, -0.25) is 4.79 Å². The van der Waals surface area contributed by atoms with Crippen LogP contribution < -0.4 is 10.2 Å². The molecule has 0 saturated carbocycles. The molecule has 1 aromatic carbocycles. The molecule has 5 heteroatoms. The molecule has 0 saturated heterocycles. The summed E-state index contributed by atoms with van der Waals surface area (Å²) in [5.74, 6) is 0.425. The van der Waals surface area contributed by atoms with Crippen LogP contribution in [0.5, 0.6) is 0 Å². The highest BCUT2D eigenvalue weighted by atomic mass is 32.1. The maximum Gasteiger partial charge on any atom is 0.266 e. The van der Waals surface area contributed by atoms with Crippen molar-refractivity contribution in [1.82, 2.24) is 4.98 Å². The number of nitrogens with one attached hydrogen (secondary N) is 1. The lowest BCUT2D eigenvalue weighted by Crippen LogP contribution is -2.17. The molecule has 122 valence electrons. The number of carbonyl (C=O) groups excluding carboxylic acids is 1. The molecule has 24 heavy (non-hydrogen) atoms. The number of hydrogen-bond acceptors (Lipinski definition) is 4.